The van der Waals surface area contributed by atoms with Gasteiger partial charge in [0.25, 0.3) is 0 Å². The molecule has 0 aliphatic carbocycles. The molecule has 2 aromatic heterocycles. The third-order valence-corrected chi connectivity index (χ3v) is 5.55. The van der Waals surface area contributed by atoms with Gasteiger partial charge in [-0.05, 0) is 43.5 Å². The quantitative estimate of drug-likeness (QED) is 0.632. The van der Waals surface area contributed by atoms with E-state index in [0.717, 1.165) is 36.4 Å². The minimum atomic E-state index is -0.00266. The van der Waals surface area contributed by atoms with Crippen molar-refractivity contribution in [3.05, 3.63) is 59.2 Å². The van der Waals surface area contributed by atoms with E-state index in [1.807, 2.05) is 54.3 Å². The lowest BCUT2D eigenvalue weighted by Gasteiger charge is -2.25. The number of rotatable bonds is 7. The van der Waals surface area contributed by atoms with E-state index < -0.39 is 0 Å². The lowest BCUT2D eigenvalue weighted by atomic mass is 10.1. The van der Waals surface area contributed by atoms with Gasteiger partial charge in [-0.3, -0.25) is 4.79 Å². The van der Waals surface area contributed by atoms with E-state index in [0.29, 0.717) is 24.0 Å². The molecule has 1 saturated heterocycles. The molecule has 0 bridgehead atoms. The van der Waals surface area contributed by atoms with Crippen LogP contribution in [0, 0.1) is 6.92 Å². The number of hydrogen-bond acceptors (Lipinski definition) is 7. The molecule has 150 valence electrons. The van der Waals surface area contributed by atoms with Crippen LogP contribution in [0.15, 0.2) is 48.0 Å². The number of amides is 1. The SMILES string of the molecule is Cc1ccccc1OCCC(=O)N1CCCC1c1cccc(Nc2nncs2)n1. The van der Waals surface area contributed by atoms with E-state index in [1.165, 1.54) is 11.3 Å². The van der Waals surface area contributed by atoms with E-state index in [1.54, 1.807) is 5.51 Å². The van der Waals surface area contributed by atoms with Crippen LogP contribution in [0.4, 0.5) is 10.9 Å². The van der Waals surface area contributed by atoms with E-state index in [4.69, 9.17) is 9.72 Å². The summed E-state index contributed by atoms with van der Waals surface area (Å²) in [5, 5.41) is 11.7. The molecule has 1 fully saturated rings. The predicted octanol–water partition coefficient (Wildman–Crippen LogP) is 4.12. The van der Waals surface area contributed by atoms with Gasteiger partial charge in [-0.15, -0.1) is 10.2 Å². The van der Waals surface area contributed by atoms with Crippen LogP contribution >= 0.6 is 11.3 Å². The normalized spacial score (nSPS) is 16.0. The third-order valence-electron chi connectivity index (χ3n) is 4.95. The number of ether oxygens (including phenoxy) is 1. The maximum atomic E-state index is 12.8. The average molecular weight is 410 g/mol. The smallest absolute Gasteiger partial charge is 0.226 e. The highest BCUT2D eigenvalue weighted by Crippen LogP contribution is 2.32. The number of carbonyl (C=O) groups is 1. The van der Waals surface area contributed by atoms with Crippen LogP contribution in [0.1, 0.15) is 36.6 Å². The van der Waals surface area contributed by atoms with E-state index >= 15 is 0 Å². The largest absolute Gasteiger partial charge is 0.493 e. The van der Waals surface area contributed by atoms with Crippen molar-refractivity contribution in [2.45, 2.75) is 32.2 Å². The average Bonchev–Trinajstić information content (AvgIpc) is 3.41. The van der Waals surface area contributed by atoms with Crippen LogP contribution in [0.5, 0.6) is 5.75 Å². The number of pyridine rings is 1. The molecule has 0 saturated carbocycles. The summed E-state index contributed by atoms with van der Waals surface area (Å²) in [6.45, 7) is 3.13. The molecule has 1 atom stereocenters. The summed E-state index contributed by atoms with van der Waals surface area (Å²) >= 11 is 1.42. The standard InChI is InChI=1S/C21H23N5O2S/c1-15-6-2-3-9-18(15)28-13-11-20(27)26-12-5-8-17(26)16-7-4-10-19(23-16)24-21-25-22-14-29-21/h2-4,6-7,9-10,14,17H,5,8,11-13H2,1H3,(H,23,24,25). The Labute approximate surface area is 173 Å². The second-order valence-electron chi connectivity index (χ2n) is 6.93. The molecule has 3 aromatic rings. The number of hydrogen-bond donors (Lipinski definition) is 1. The van der Waals surface area contributed by atoms with Gasteiger partial charge >= 0.3 is 0 Å². The van der Waals surface area contributed by atoms with E-state index in [9.17, 15) is 4.79 Å². The number of nitrogens with zero attached hydrogens (tertiary/aromatic N) is 4. The van der Waals surface area contributed by atoms with Crippen LogP contribution in [0.2, 0.25) is 0 Å². The topological polar surface area (TPSA) is 80.2 Å². The first kappa shape index (κ1) is 19.3. The molecule has 1 aliphatic rings. The summed E-state index contributed by atoms with van der Waals surface area (Å²) in [5.41, 5.74) is 3.64. The van der Waals surface area contributed by atoms with Gasteiger partial charge in [0, 0.05) is 6.54 Å². The minimum absolute atomic E-state index is 0.00266. The lowest BCUT2D eigenvalue weighted by molar-refractivity contribution is -0.132. The molecular weight excluding hydrogens is 386 g/mol. The molecule has 0 radical (unpaired) electrons. The fourth-order valence-corrected chi connectivity index (χ4v) is 3.98. The Bertz CT molecular complexity index is 963. The van der Waals surface area contributed by atoms with Gasteiger partial charge in [-0.2, -0.15) is 0 Å². The highest BCUT2D eigenvalue weighted by Gasteiger charge is 2.30. The summed E-state index contributed by atoms with van der Waals surface area (Å²) < 4.78 is 5.80. The number of para-hydroxylation sites is 1. The van der Waals surface area contributed by atoms with Crippen molar-refractivity contribution < 1.29 is 9.53 Å². The molecule has 1 aromatic carbocycles. The second kappa shape index (κ2) is 9.00. The van der Waals surface area contributed by atoms with Crippen LogP contribution in [0.3, 0.4) is 0 Å². The van der Waals surface area contributed by atoms with Gasteiger partial charge in [0.1, 0.15) is 17.1 Å². The number of benzene rings is 1. The van der Waals surface area contributed by atoms with Crippen molar-refractivity contribution >= 4 is 28.2 Å². The zero-order chi connectivity index (χ0) is 20.1. The first-order valence-electron chi connectivity index (χ1n) is 9.69. The van der Waals surface area contributed by atoms with Crippen LogP contribution in [-0.4, -0.2) is 39.1 Å². The number of nitrogens with one attached hydrogen (secondary N) is 1. The van der Waals surface area contributed by atoms with Crippen molar-refractivity contribution in [1.82, 2.24) is 20.1 Å². The Morgan fingerprint density at radius 2 is 2.17 bits per heavy atom. The molecule has 1 unspecified atom stereocenters. The Morgan fingerprint density at radius 3 is 3.00 bits per heavy atom. The van der Waals surface area contributed by atoms with Gasteiger partial charge < -0.3 is 15.0 Å². The number of anilines is 2. The number of aryl methyl sites for hydroxylation is 1. The first-order chi connectivity index (χ1) is 14.2. The molecular formula is C21H23N5O2S. The van der Waals surface area contributed by atoms with Gasteiger partial charge in [0.05, 0.1) is 24.8 Å². The molecule has 1 amide bonds. The highest BCUT2D eigenvalue weighted by atomic mass is 32.1. The summed E-state index contributed by atoms with van der Waals surface area (Å²) in [6, 6.07) is 13.7. The highest BCUT2D eigenvalue weighted by molar-refractivity contribution is 7.13. The monoisotopic (exact) mass is 409 g/mol. The van der Waals surface area contributed by atoms with Crippen LogP contribution in [0.25, 0.3) is 0 Å². The molecule has 1 N–H and O–H groups in total. The van der Waals surface area contributed by atoms with E-state index in [-0.39, 0.29) is 11.9 Å². The first-order valence-corrected chi connectivity index (χ1v) is 10.6. The Balaban J connectivity index is 1.38. The van der Waals surface area contributed by atoms with Crippen molar-refractivity contribution in [2.24, 2.45) is 0 Å². The summed E-state index contributed by atoms with van der Waals surface area (Å²) in [4.78, 5) is 19.5. The fraction of sp³-hybridized carbons (Fsp3) is 0.333. The maximum absolute atomic E-state index is 12.8. The molecule has 8 heteroatoms. The zero-order valence-corrected chi connectivity index (χ0v) is 17.1. The lowest BCUT2D eigenvalue weighted by Crippen LogP contribution is -2.32. The molecule has 0 spiro atoms. The van der Waals surface area contributed by atoms with Crippen LogP contribution in [-0.2, 0) is 4.79 Å². The van der Waals surface area contributed by atoms with Gasteiger partial charge in [-0.25, -0.2) is 4.98 Å². The molecule has 29 heavy (non-hydrogen) atoms. The zero-order valence-electron chi connectivity index (χ0n) is 16.2. The van der Waals surface area contributed by atoms with Crippen molar-refractivity contribution in [1.29, 1.82) is 0 Å². The second-order valence-corrected chi connectivity index (χ2v) is 7.76. The summed E-state index contributed by atoms with van der Waals surface area (Å²) in [6.07, 6.45) is 2.25. The van der Waals surface area contributed by atoms with Crippen LogP contribution < -0.4 is 10.1 Å². The number of aromatic nitrogens is 3. The minimum Gasteiger partial charge on any atom is -0.493 e. The van der Waals surface area contributed by atoms with Gasteiger partial charge in [-0.1, -0.05) is 35.6 Å². The van der Waals surface area contributed by atoms with Crippen molar-refractivity contribution in [2.75, 3.05) is 18.5 Å². The number of likely N-dealkylation sites (tertiary alicyclic amines) is 1. The predicted molar refractivity (Wildman–Crippen MR) is 112 cm³/mol. The summed E-state index contributed by atoms with van der Waals surface area (Å²) in [5.74, 6) is 1.64. The molecule has 4 rings (SSSR count). The number of carbonyl (C=O) groups excluding carboxylic acids is 1. The third kappa shape index (κ3) is 4.71. The Morgan fingerprint density at radius 1 is 1.28 bits per heavy atom. The maximum Gasteiger partial charge on any atom is 0.226 e. The van der Waals surface area contributed by atoms with E-state index in [2.05, 4.69) is 15.5 Å². The molecule has 1 aliphatic heterocycles. The molecule has 3 heterocycles. The Hall–Kier alpha value is -3.00. The van der Waals surface area contributed by atoms with Crippen molar-refractivity contribution in [3.63, 3.8) is 0 Å². The Kier molecular flexibility index (Phi) is 6.00. The van der Waals surface area contributed by atoms with Gasteiger partial charge in [0.15, 0.2) is 0 Å². The van der Waals surface area contributed by atoms with Gasteiger partial charge in [0.2, 0.25) is 11.0 Å². The fourth-order valence-electron chi connectivity index (χ4n) is 3.53. The van der Waals surface area contributed by atoms with Crippen molar-refractivity contribution in [3.8, 4) is 5.75 Å². The molecule has 7 nitrogen and oxygen atoms in total. The summed E-state index contributed by atoms with van der Waals surface area (Å²) in [7, 11) is 0.